The van der Waals surface area contributed by atoms with Crippen molar-refractivity contribution in [2.24, 2.45) is 0 Å². The maximum Gasteiger partial charge on any atom is 0.273 e. The smallest absolute Gasteiger partial charge is 0.273 e. The first-order chi connectivity index (χ1) is 17.0. The number of aromatic amines is 1. The summed E-state index contributed by atoms with van der Waals surface area (Å²) in [6.07, 6.45) is 0. The van der Waals surface area contributed by atoms with E-state index in [1.165, 1.54) is 13.2 Å². The van der Waals surface area contributed by atoms with Crippen molar-refractivity contribution in [1.29, 1.82) is 0 Å². The molecule has 1 unspecified atom stereocenters. The van der Waals surface area contributed by atoms with Gasteiger partial charge in [0.25, 0.3) is 5.91 Å². The van der Waals surface area contributed by atoms with Crippen LogP contribution in [0.15, 0.2) is 60.7 Å². The molecule has 0 spiro atoms. The monoisotopic (exact) mass is 471 g/mol. The number of nitrogens with zero attached hydrogens (tertiary/aromatic N) is 2. The summed E-state index contributed by atoms with van der Waals surface area (Å²) in [6, 6.07) is 16.9. The highest BCUT2D eigenvalue weighted by molar-refractivity contribution is 6.00. The zero-order chi connectivity index (χ0) is 24.1. The van der Waals surface area contributed by atoms with Crippen LogP contribution >= 0.6 is 0 Å². The van der Waals surface area contributed by atoms with Crippen LogP contribution in [0.25, 0.3) is 11.3 Å². The molecule has 176 valence electrons. The number of aromatic nitrogens is 2. The number of carbonyl (C=O) groups excluding carboxylic acids is 1. The van der Waals surface area contributed by atoms with Crippen LogP contribution in [0.4, 0.5) is 0 Å². The molecule has 1 amide bonds. The SMILES string of the molecule is COc1cc(C2c3c(-c4ccccc4O)n[nH]c3C(=O)N2Cc2ccc3c(c2)OCO3)ccc1O. The number of aromatic hydroxyl groups is 2. The number of hydrogen-bond donors (Lipinski definition) is 3. The van der Waals surface area contributed by atoms with Crippen molar-refractivity contribution in [1.82, 2.24) is 15.1 Å². The van der Waals surface area contributed by atoms with Crippen molar-refractivity contribution in [3.05, 3.63) is 83.0 Å². The molecule has 35 heavy (non-hydrogen) atoms. The molecule has 9 nitrogen and oxygen atoms in total. The lowest BCUT2D eigenvalue weighted by atomic mass is 9.95. The summed E-state index contributed by atoms with van der Waals surface area (Å²) < 4.78 is 16.2. The van der Waals surface area contributed by atoms with Gasteiger partial charge >= 0.3 is 0 Å². The lowest BCUT2D eigenvalue weighted by Crippen LogP contribution is -2.29. The van der Waals surface area contributed by atoms with Crippen molar-refractivity contribution >= 4 is 5.91 Å². The summed E-state index contributed by atoms with van der Waals surface area (Å²) in [5.41, 5.74) is 3.58. The topological polar surface area (TPSA) is 117 Å². The van der Waals surface area contributed by atoms with E-state index in [-0.39, 0.29) is 30.7 Å². The van der Waals surface area contributed by atoms with E-state index in [2.05, 4.69) is 10.2 Å². The Kier molecular flexibility index (Phi) is 4.77. The minimum absolute atomic E-state index is 0.00348. The average Bonchev–Trinajstić information content (AvgIpc) is 3.57. The van der Waals surface area contributed by atoms with Gasteiger partial charge in [-0.2, -0.15) is 5.10 Å². The molecule has 6 rings (SSSR count). The molecule has 2 aliphatic heterocycles. The van der Waals surface area contributed by atoms with Crippen molar-refractivity contribution in [2.75, 3.05) is 13.9 Å². The first-order valence-corrected chi connectivity index (χ1v) is 11.0. The third-order valence-corrected chi connectivity index (χ3v) is 6.33. The number of benzene rings is 3. The number of amides is 1. The highest BCUT2D eigenvalue weighted by atomic mass is 16.7. The molecule has 9 heteroatoms. The van der Waals surface area contributed by atoms with Gasteiger partial charge in [-0.25, -0.2) is 0 Å². The van der Waals surface area contributed by atoms with Gasteiger partial charge in [0, 0.05) is 17.7 Å². The van der Waals surface area contributed by atoms with Crippen LogP contribution in [0.3, 0.4) is 0 Å². The van der Waals surface area contributed by atoms with Crippen molar-refractivity contribution in [3.63, 3.8) is 0 Å². The third-order valence-electron chi connectivity index (χ3n) is 6.33. The zero-order valence-electron chi connectivity index (χ0n) is 18.7. The maximum atomic E-state index is 13.6. The molecular formula is C26H21N3O6. The molecule has 3 heterocycles. The summed E-state index contributed by atoms with van der Waals surface area (Å²) in [5.74, 6) is 1.41. The molecule has 0 radical (unpaired) electrons. The molecular weight excluding hydrogens is 450 g/mol. The van der Waals surface area contributed by atoms with Gasteiger partial charge < -0.3 is 29.3 Å². The highest BCUT2D eigenvalue weighted by Gasteiger charge is 2.43. The maximum absolute atomic E-state index is 13.6. The van der Waals surface area contributed by atoms with Crippen LogP contribution in [0.5, 0.6) is 28.7 Å². The van der Waals surface area contributed by atoms with Gasteiger partial charge in [0.2, 0.25) is 6.79 Å². The molecule has 0 saturated carbocycles. The van der Waals surface area contributed by atoms with Gasteiger partial charge in [-0.1, -0.05) is 24.3 Å². The molecule has 3 aromatic carbocycles. The van der Waals surface area contributed by atoms with Crippen LogP contribution in [-0.2, 0) is 6.54 Å². The fourth-order valence-corrected chi connectivity index (χ4v) is 4.69. The molecule has 0 aliphatic carbocycles. The Morgan fingerprint density at radius 1 is 1.06 bits per heavy atom. The van der Waals surface area contributed by atoms with Crippen LogP contribution in [0.2, 0.25) is 0 Å². The van der Waals surface area contributed by atoms with E-state index in [1.54, 1.807) is 41.3 Å². The summed E-state index contributed by atoms with van der Waals surface area (Å²) in [6.45, 7) is 0.448. The van der Waals surface area contributed by atoms with E-state index in [4.69, 9.17) is 14.2 Å². The number of ether oxygens (including phenoxy) is 3. The molecule has 3 N–H and O–H groups in total. The Morgan fingerprint density at radius 3 is 2.71 bits per heavy atom. The predicted octanol–water partition coefficient (Wildman–Crippen LogP) is 3.97. The van der Waals surface area contributed by atoms with E-state index in [0.29, 0.717) is 39.8 Å². The molecule has 1 aromatic heterocycles. The van der Waals surface area contributed by atoms with E-state index in [9.17, 15) is 15.0 Å². The van der Waals surface area contributed by atoms with Gasteiger partial charge in [0.15, 0.2) is 23.0 Å². The second kappa shape index (κ2) is 7.98. The Balaban J connectivity index is 1.49. The minimum Gasteiger partial charge on any atom is -0.507 e. The first kappa shape index (κ1) is 20.9. The minimum atomic E-state index is -0.550. The standard InChI is InChI=1S/C26H21N3O6/c1-33-20-11-15(7-8-18(20)31)25-22-23(16-4-2-3-5-17(16)30)27-28-24(22)26(32)29(25)12-14-6-9-19-21(10-14)35-13-34-19/h2-11,25,30-31H,12-13H2,1H3,(H,27,28). The van der Waals surface area contributed by atoms with Crippen molar-refractivity contribution in [3.8, 4) is 40.0 Å². The normalized spacial score (nSPS) is 16.0. The van der Waals surface area contributed by atoms with E-state index < -0.39 is 6.04 Å². The first-order valence-electron chi connectivity index (χ1n) is 11.0. The Labute approximate surface area is 200 Å². The summed E-state index contributed by atoms with van der Waals surface area (Å²) in [7, 11) is 1.47. The molecule has 0 fully saturated rings. The number of H-pyrrole nitrogens is 1. The summed E-state index contributed by atoms with van der Waals surface area (Å²) in [4.78, 5) is 15.3. The Morgan fingerprint density at radius 2 is 1.89 bits per heavy atom. The number of para-hydroxylation sites is 1. The molecule has 0 saturated heterocycles. The second-order valence-corrected chi connectivity index (χ2v) is 8.33. The lowest BCUT2D eigenvalue weighted by molar-refractivity contribution is 0.0729. The van der Waals surface area contributed by atoms with Gasteiger partial charge in [0.05, 0.1) is 13.2 Å². The number of carbonyl (C=O) groups is 1. The Bertz CT molecular complexity index is 1460. The average molecular weight is 471 g/mol. The largest absolute Gasteiger partial charge is 0.507 e. The Hall–Kier alpha value is -4.66. The predicted molar refractivity (Wildman–Crippen MR) is 125 cm³/mol. The number of rotatable bonds is 5. The van der Waals surface area contributed by atoms with E-state index in [0.717, 1.165) is 11.1 Å². The second-order valence-electron chi connectivity index (χ2n) is 8.33. The number of phenols is 2. The number of fused-ring (bicyclic) bond motifs is 2. The quantitative estimate of drug-likeness (QED) is 0.403. The van der Waals surface area contributed by atoms with Crippen LogP contribution in [0, 0.1) is 0 Å². The fraction of sp³-hybridized carbons (Fsp3) is 0.154. The summed E-state index contributed by atoms with van der Waals surface area (Å²) >= 11 is 0. The molecule has 2 aliphatic rings. The van der Waals surface area contributed by atoms with Crippen molar-refractivity contribution in [2.45, 2.75) is 12.6 Å². The number of nitrogens with one attached hydrogen (secondary N) is 1. The third kappa shape index (κ3) is 3.31. The van der Waals surface area contributed by atoms with Gasteiger partial charge in [-0.15, -0.1) is 0 Å². The lowest BCUT2D eigenvalue weighted by Gasteiger charge is -2.27. The highest BCUT2D eigenvalue weighted by Crippen LogP contribution is 2.46. The van der Waals surface area contributed by atoms with Crippen LogP contribution in [-0.4, -0.2) is 45.1 Å². The van der Waals surface area contributed by atoms with E-state index >= 15 is 0 Å². The zero-order valence-corrected chi connectivity index (χ0v) is 18.7. The molecule has 0 bridgehead atoms. The molecule has 1 atom stereocenters. The van der Waals surface area contributed by atoms with Crippen LogP contribution < -0.4 is 14.2 Å². The van der Waals surface area contributed by atoms with Crippen LogP contribution in [0.1, 0.15) is 33.2 Å². The fourth-order valence-electron chi connectivity index (χ4n) is 4.69. The van der Waals surface area contributed by atoms with Gasteiger partial charge in [-0.05, 0) is 47.5 Å². The summed E-state index contributed by atoms with van der Waals surface area (Å²) in [5, 5.41) is 28.0. The number of phenolic OH excluding ortho intramolecular Hbond substituents is 2. The number of hydrogen-bond acceptors (Lipinski definition) is 7. The van der Waals surface area contributed by atoms with E-state index in [1.807, 2.05) is 18.2 Å². The van der Waals surface area contributed by atoms with Crippen molar-refractivity contribution < 1.29 is 29.2 Å². The van der Waals surface area contributed by atoms with Gasteiger partial charge in [0.1, 0.15) is 17.1 Å². The van der Waals surface area contributed by atoms with Gasteiger partial charge in [-0.3, -0.25) is 9.89 Å². The number of methoxy groups -OCH3 is 1. The molecule has 4 aromatic rings.